The van der Waals surface area contributed by atoms with Crippen LogP contribution < -0.4 is 20.5 Å². The van der Waals surface area contributed by atoms with E-state index in [1.165, 1.54) is 7.05 Å². The van der Waals surface area contributed by atoms with Gasteiger partial charge in [0, 0.05) is 30.3 Å². The molecule has 0 spiro atoms. The molecule has 0 fully saturated rings. The summed E-state index contributed by atoms with van der Waals surface area (Å²) in [5, 5.41) is 11.2. The van der Waals surface area contributed by atoms with Crippen molar-refractivity contribution in [2.24, 2.45) is 5.73 Å². The highest BCUT2D eigenvalue weighted by Crippen LogP contribution is 2.33. The number of halogens is 1. The van der Waals surface area contributed by atoms with Gasteiger partial charge in [-0.15, -0.1) is 17.0 Å². The monoisotopic (exact) mass is 560 g/mol. The van der Waals surface area contributed by atoms with Crippen LogP contribution in [0.2, 0.25) is 0 Å². The Morgan fingerprint density at radius 1 is 1.11 bits per heavy atom. The number of rotatable bonds is 9. The lowest BCUT2D eigenvalue weighted by Crippen LogP contribution is -2.30. The third-order valence-corrected chi connectivity index (χ3v) is 5.72. The Hall–Kier alpha value is -3.40. The summed E-state index contributed by atoms with van der Waals surface area (Å²) < 4.78 is 11.2. The van der Waals surface area contributed by atoms with Crippen LogP contribution in [0, 0.1) is 5.41 Å². The van der Waals surface area contributed by atoms with Crippen molar-refractivity contribution in [2.45, 2.75) is 39.7 Å². The first-order valence-electron chi connectivity index (χ1n) is 11.4. The van der Waals surface area contributed by atoms with Crippen LogP contribution in [0.3, 0.4) is 0 Å². The van der Waals surface area contributed by atoms with Crippen molar-refractivity contribution in [1.82, 2.24) is 10.2 Å². The molecule has 2 amide bonds. The van der Waals surface area contributed by atoms with E-state index >= 15 is 0 Å². The fourth-order valence-electron chi connectivity index (χ4n) is 3.98. The van der Waals surface area contributed by atoms with Crippen LogP contribution in [0.1, 0.15) is 65.1 Å². The molecule has 36 heavy (non-hydrogen) atoms. The second kappa shape index (κ2) is 11.6. The van der Waals surface area contributed by atoms with Crippen molar-refractivity contribution in [1.29, 1.82) is 5.41 Å². The summed E-state index contributed by atoms with van der Waals surface area (Å²) >= 11 is 0. The smallest absolute Gasteiger partial charge is 0.255 e. The molecule has 0 aromatic heterocycles. The van der Waals surface area contributed by atoms with Crippen molar-refractivity contribution >= 4 is 40.4 Å². The summed E-state index contributed by atoms with van der Waals surface area (Å²) in [6.45, 7) is 8.31. The highest BCUT2D eigenvalue weighted by molar-refractivity contribution is 8.93. The lowest BCUT2D eigenvalue weighted by Gasteiger charge is -2.24. The largest absolute Gasteiger partial charge is 0.493 e. The molecular formula is C26H33BrN4O5. The van der Waals surface area contributed by atoms with Gasteiger partial charge in [0.1, 0.15) is 17.3 Å². The van der Waals surface area contributed by atoms with Gasteiger partial charge in [0.2, 0.25) is 0 Å². The number of nitrogens with one attached hydrogen (secondary N) is 2. The molecule has 0 bridgehead atoms. The number of amides is 2. The Bertz CT molecular complexity index is 1190. The molecule has 0 unspecified atom stereocenters. The van der Waals surface area contributed by atoms with Crippen LogP contribution in [0.25, 0.3) is 0 Å². The molecule has 0 saturated heterocycles. The summed E-state index contributed by atoms with van der Waals surface area (Å²) in [5.74, 6) is 0.0912. The Balaban J connectivity index is 0.00000456. The standard InChI is InChI=1S/C26H32N4O5.BrH/c1-6-34-22-10-16-12-30(24(28)17(16)11-18(22)25(33)29-5)13-20(31)15-7-8-21(35-14-23(27)32)19(9-15)26(2,3)4;/h7-11,28H,6,12-14H2,1-5H3,(H2,27,32)(H,29,33);1H. The van der Waals surface area contributed by atoms with Gasteiger partial charge in [-0.2, -0.15) is 0 Å². The minimum atomic E-state index is -0.579. The molecule has 4 N–H and O–H groups in total. The second-order valence-electron chi connectivity index (χ2n) is 9.36. The summed E-state index contributed by atoms with van der Waals surface area (Å²) in [6.07, 6.45) is 0. The highest BCUT2D eigenvalue weighted by atomic mass is 79.9. The first kappa shape index (κ1) is 28.8. The summed E-state index contributed by atoms with van der Waals surface area (Å²) in [6, 6.07) is 8.50. The maximum Gasteiger partial charge on any atom is 0.255 e. The average molecular weight is 561 g/mol. The molecule has 0 aliphatic carbocycles. The van der Waals surface area contributed by atoms with Gasteiger partial charge in [-0.1, -0.05) is 20.8 Å². The molecule has 3 rings (SSSR count). The zero-order chi connectivity index (χ0) is 25.9. The van der Waals surface area contributed by atoms with E-state index in [4.69, 9.17) is 20.6 Å². The van der Waals surface area contributed by atoms with Crippen LogP contribution in [0.5, 0.6) is 11.5 Å². The van der Waals surface area contributed by atoms with Crippen molar-refractivity contribution in [2.75, 3.05) is 26.8 Å². The van der Waals surface area contributed by atoms with E-state index in [1.54, 1.807) is 35.2 Å². The van der Waals surface area contributed by atoms with Gasteiger partial charge in [0.15, 0.2) is 12.4 Å². The predicted octanol–water partition coefficient (Wildman–Crippen LogP) is 3.21. The number of ether oxygens (including phenoxy) is 2. The van der Waals surface area contributed by atoms with Gasteiger partial charge < -0.3 is 25.4 Å². The van der Waals surface area contributed by atoms with E-state index in [1.807, 2.05) is 27.7 Å². The molecule has 0 atom stereocenters. The SMILES string of the molecule is Br.CCOc1cc2c(cc1C(=O)NC)C(=N)N(CC(=O)c1ccc(OCC(N)=O)c(C(C)(C)C)c1)C2. The number of benzene rings is 2. The van der Waals surface area contributed by atoms with Gasteiger partial charge in [-0.3, -0.25) is 19.8 Å². The number of carbonyl (C=O) groups excluding carboxylic acids is 3. The fourth-order valence-corrected chi connectivity index (χ4v) is 3.98. The predicted molar refractivity (Wildman–Crippen MR) is 143 cm³/mol. The van der Waals surface area contributed by atoms with E-state index in [-0.39, 0.29) is 53.1 Å². The fraction of sp³-hybridized carbons (Fsp3) is 0.385. The molecule has 1 aliphatic heterocycles. The molecule has 9 nitrogen and oxygen atoms in total. The lowest BCUT2D eigenvalue weighted by molar-refractivity contribution is -0.119. The van der Waals surface area contributed by atoms with Crippen molar-refractivity contribution < 1.29 is 23.9 Å². The Morgan fingerprint density at radius 3 is 2.39 bits per heavy atom. The van der Waals surface area contributed by atoms with Crippen LogP contribution >= 0.6 is 17.0 Å². The maximum atomic E-state index is 13.2. The van der Waals surface area contributed by atoms with Gasteiger partial charge in [-0.05, 0) is 48.2 Å². The van der Waals surface area contributed by atoms with E-state index < -0.39 is 5.91 Å². The quantitative estimate of drug-likeness (QED) is 0.403. The zero-order valence-corrected chi connectivity index (χ0v) is 22.9. The third-order valence-electron chi connectivity index (χ3n) is 5.72. The number of nitrogens with two attached hydrogens (primary N) is 1. The van der Waals surface area contributed by atoms with Gasteiger partial charge in [-0.25, -0.2) is 0 Å². The lowest BCUT2D eigenvalue weighted by atomic mass is 9.85. The summed E-state index contributed by atoms with van der Waals surface area (Å²) in [7, 11) is 1.54. The number of primary amides is 1. The highest BCUT2D eigenvalue weighted by Gasteiger charge is 2.30. The topological polar surface area (TPSA) is 135 Å². The summed E-state index contributed by atoms with van der Waals surface area (Å²) in [4.78, 5) is 38.3. The number of hydrogen-bond donors (Lipinski definition) is 3. The number of nitrogens with zero attached hydrogens (tertiary/aromatic N) is 1. The van der Waals surface area contributed by atoms with E-state index in [0.29, 0.717) is 41.3 Å². The molecule has 10 heteroatoms. The molecule has 194 valence electrons. The van der Waals surface area contributed by atoms with Crippen LogP contribution in [0.4, 0.5) is 0 Å². The molecular weight excluding hydrogens is 528 g/mol. The molecule has 1 aliphatic rings. The van der Waals surface area contributed by atoms with Gasteiger partial charge >= 0.3 is 0 Å². The van der Waals surface area contributed by atoms with E-state index in [0.717, 1.165) is 11.1 Å². The minimum Gasteiger partial charge on any atom is -0.493 e. The van der Waals surface area contributed by atoms with Crippen LogP contribution in [0.15, 0.2) is 30.3 Å². The number of ketones is 1. The third kappa shape index (κ3) is 6.23. The molecule has 2 aromatic carbocycles. The number of Topliss-reactive ketones (excluding diaryl/α,β-unsaturated/α-hetero) is 1. The molecule has 2 aromatic rings. The van der Waals surface area contributed by atoms with Gasteiger partial charge in [0.25, 0.3) is 11.8 Å². The van der Waals surface area contributed by atoms with Crippen LogP contribution in [-0.4, -0.2) is 55.1 Å². The Labute approximate surface area is 221 Å². The molecule has 1 heterocycles. The first-order chi connectivity index (χ1) is 16.5. The van der Waals surface area contributed by atoms with Gasteiger partial charge in [0.05, 0.1) is 18.7 Å². The summed E-state index contributed by atoms with van der Waals surface area (Å²) in [5.41, 5.74) is 7.90. The minimum absolute atomic E-state index is 0. The van der Waals surface area contributed by atoms with Crippen molar-refractivity contribution in [3.63, 3.8) is 0 Å². The normalized spacial score (nSPS) is 12.5. The first-order valence-corrected chi connectivity index (χ1v) is 11.4. The number of amidine groups is 1. The average Bonchev–Trinajstić information content (AvgIpc) is 3.10. The Morgan fingerprint density at radius 2 is 1.81 bits per heavy atom. The zero-order valence-electron chi connectivity index (χ0n) is 21.2. The number of carbonyl (C=O) groups is 3. The molecule has 0 saturated carbocycles. The number of fused-ring (bicyclic) bond motifs is 1. The second-order valence-corrected chi connectivity index (χ2v) is 9.36. The van der Waals surface area contributed by atoms with Crippen molar-refractivity contribution in [3.8, 4) is 11.5 Å². The van der Waals surface area contributed by atoms with Crippen molar-refractivity contribution in [3.05, 3.63) is 58.1 Å². The Kier molecular flexibility index (Phi) is 9.26. The van der Waals surface area contributed by atoms with E-state index in [2.05, 4.69) is 5.32 Å². The van der Waals surface area contributed by atoms with Crippen LogP contribution in [-0.2, 0) is 16.8 Å². The number of hydrogen-bond acceptors (Lipinski definition) is 6. The molecule has 0 radical (unpaired) electrons. The van der Waals surface area contributed by atoms with E-state index in [9.17, 15) is 14.4 Å². The maximum absolute atomic E-state index is 13.2.